The van der Waals surface area contributed by atoms with Gasteiger partial charge in [0, 0.05) is 73.6 Å². The molecule has 7 amide bonds. The summed E-state index contributed by atoms with van der Waals surface area (Å²) in [5.74, 6) is -2.21. The van der Waals surface area contributed by atoms with Gasteiger partial charge in [0.1, 0.15) is 18.8 Å². The number of unbranched alkanes of at least 4 members (excludes halogenated alkanes) is 2. The molecular weight excluding hydrogens is 1090 g/mol. The van der Waals surface area contributed by atoms with Crippen molar-refractivity contribution >= 4 is 69.4 Å². The molecule has 1 saturated carbocycles. The molecule has 1 aliphatic heterocycles. The van der Waals surface area contributed by atoms with Gasteiger partial charge >= 0.3 is 22.4 Å². The third kappa shape index (κ3) is 19.7. The Hall–Kier alpha value is -7.16. The van der Waals surface area contributed by atoms with E-state index in [2.05, 4.69) is 68.0 Å². The minimum absolute atomic E-state index is 0.00843. The topological polar surface area (TPSA) is 341 Å². The van der Waals surface area contributed by atoms with Crippen LogP contribution in [0.3, 0.4) is 0 Å². The number of primary amides is 1. The summed E-state index contributed by atoms with van der Waals surface area (Å²) < 4.78 is 51.5. The maximum Gasteiger partial charge on any atom is 0.407 e. The van der Waals surface area contributed by atoms with Crippen LogP contribution in [-0.2, 0) is 70.4 Å². The predicted molar refractivity (Wildman–Crippen MR) is 306 cm³/mol. The molecule has 4 aliphatic rings. The number of aryl methyl sites for hydroxylation is 1. The van der Waals surface area contributed by atoms with Gasteiger partial charge in [-0.25, -0.2) is 24.7 Å². The lowest BCUT2D eigenvalue weighted by Gasteiger charge is -2.24. The molecule has 24 nitrogen and oxygen atoms in total. The van der Waals surface area contributed by atoms with E-state index in [4.69, 9.17) is 39.0 Å². The van der Waals surface area contributed by atoms with Crippen LogP contribution in [0.1, 0.15) is 118 Å². The summed E-state index contributed by atoms with van der Waals surface area (Å²) in [5.41, 5.74) is 10.8. The number of nitrogens with two attached hydrogens (primary N) is 2. The number of alkyl carbamates (subject to hydrolysis) is 1. The number of nitrogens with one attached hydrogen (secondary N) is 5. The van der Waals surface area contributed by atoms with Crippen LogP contribution in [0.5, 0.6) is 0 Å². The van der Waals surface area contributed by atoms with E-state index in [0.717, 1.165) is 34.8 Å². The fraction of sp³-hybridized carbons (Fsp3) is 0.534. The van der Waals surface area contributed by atoms with Crippen LogP contribution in [0, 0.1) is 23.7 Å². The standard InChI is InChI=1S/C58H78N10O14S/c1-37(2)53(67-50(70)12-4-3-7-25-68-51(71)21-22-52(68)72)48(69)32-40(10-8-23-61-57(59)74)56(73)65-43-16-13-38(14-17-43)34-81-58(75)62-24-26-78-27-28-79-29-30-80-49-33-41(31-42(49)35-82-83(60,76)77)45-18-19-46-54(45)63-36-64-55(46)66-47-20-15-39-9-5-6-11-44(39)47/h5-6,9,11,13-14,16-19,21-22,36-37,40-42,45,47,49,53H,3-4,7-8,10,12,15,20,23-35H2,1-2H3,(H,62,75)(H,65,73)(H,67,70)(H3,59,61,74)(H2,60,76,77)(H,63,64,66)/t40-,41+,42-,45?,47-,49-,53+/m0/s1. The fourth-order valence-corrected chi connectivity index (χ4v) is 11.3. The predicted octanol–water partition coefficient (Wildman–Crippen LogP) is 4.87. The fourth-order valence-electron chi connectivity index (χ4n) is 10.9. The van der Waals surface area contributed by atoms with Gasteiger partial charge in [-0.05, 0) is 92.0 Å². The van der Waals surface area contributed by atoms with Crippen LogP contribution < -0.4 is 37.5 Å². The maximum absolute atomic E-state index is 13.7. The normalized spacial score (nSPS) is 19.6. The number of ether oxygens (including phenoxy) is 4. The largest absolute Gasteiger partial charge is 0.445 e. The van der Waals surface area contributed by atoms with E-state index in [1.54, 1.807) is 44.4 Å². The summed E-state index contributed by atoms with van der Waals surface area (Å²) in [6.07, 6.45) is 12.8. The molecule has 3 aromatic rings. The first-order valence-electron chi connectivity index (χ1n) is 28.4. The number of urea groups is 1. The lowest BCUT2D eigenvalue weighted by Crippen LogP contribution is -2.45. The second kappa shape index (κ2) is 31.5. The number of aromatic nitrogens is 2. The van der Waals surface area contributed by atoms with Crippen LogP contribution >= 0.6 is 0 Å². The number of hydrogen-bond acceptors (Lipinski definition) is 17. The van der Waals surface area contributed by atoms with Gasteiger partial charge in [0.15, 0.2) is 5.78 Å². The first-order valence-corrected chi connectivity index (χ1v) is 29.9. The van der Waals surface area contributed by atoms with Crippen molar-refractivity contribution in [2.24, 2.45) is 34.5 Å². The maximum atomic E-state index is 13.7. The molecule has 450 valence electrons. The Morgan fingerprint density at radius 1 is 0.843 bits per heavy atom. The third-order valence-electron chi connectivity index (χ3n) is 15.2. The van der Waals surface area contributed by atoms with E-state index in [1.807, 2.05) is 0 Å². The number of anilines is 2. The van der Waals surface area contributed by atoms with E-state index in [1.165, 1.54) is 23.3 Å². The number of fused-ring (bicyclic) bond motifs is 2. The number of imide groups is 1. The van der Waals surface area contributed by atoms with Gasteiger partial charge in [0.2, 0.25) is 11.8 Å². The monoisotopic (exact) mass is 1170 g/mol. The smallest absolute Gasteiger partial charge is 0.407 e. The van der Waals surface area contributed by atoms with Gasteiger partial charge < -0.3 is 51.3 Å². The summed E-state index contributed by atoms with van der Waals surface area (Å²) in [7, 11) is -4.15. The average molecular weight is 1170 g/mol. The average Bonchev–Trinajstić information content (AvgIpc) is 4.34. The number of benzene rings is 2. The van der Waals surface area contributed by atoms with E-state index in [-0.39, 0.29) is 144 Å². The van der Waals surface area contributed by atoms with Crippen molar-refractivity contribution in [1.82, 2.24) is 30.8 Å². The first-order chi connectivity index (χ1) is 39.9. The number of carbonyl (C=O) groups is 7. The van der Waals surface area contributed by atoms with Crippen LogP contribution in [0.4, 0.5) is 21.1 Å². The molecule has 7 rings (SSSR count). The Labute approximate surface area is 484 Å². The van der Waals surface area contributed by atoms with E-state index in [0.29, 0.717) is 49.8 Å². The number of ketones is 1. The number of amides is 7. The highest BCUT2D eigenvalue weighted by molar-refractivity contribution is 7.84. The van der Waals surface area contributed by atoms with Gasteiger partial charge in [-0.3, -0.25) is 33.1 Å². The SMILES string of the molecule is CC(C)[C@@H](NC(=O)CCCCCN1C(=O)C=CC1=O)C(=O)C[C@H](CCCNC(N)=O)C(=O)Nc1ccc(COC(=O)NCCOCCOCCO[C@H]2C[C@H](C3C=Cc4c(N[C@H]5CCc6ccccc65)ncnc43)C[C@H]2COS(N)(=O)=O)cc1. The lowest BCUT2D eigenvalue weighted by atomic mass is 9.89. The molecule has 0 radical (unpaired) electrons. The number of carbonyl (C=O) groups excluding carboxylic acids is 7. The second-order valence-corrected chi connectivity index (χ2v) is 22.7. The summed E-state index contributed by atoms with van der Waals surface area (Å²) in [4.78, 5) is 98.0. The lowest BCUT2D eigenvalue weighted by molar-refractivity contribution is -0.137. The molecule has 1 fully saturated rings. The number of allylic oxidation sites excluding steroid dienone is 1. The van der Waals surface area contributed by atoms with Crippen LogP contribution in [0.25, 0.3) is 6.08 Å². The first kappa shape index (κ1) is 63.4. The van der Waals surface area contributed by atoms with Crippen molar-refractivity contribution in [3.8, 4) is 0 Å². The molecule has 2 heterocycles. The van der Waals surface area contributed by atoms with Gasteiger partial charge in [0.25, 0.3) is 11.8 Å². The van der Waals surface area contributed by atoms with Crippen molar-refractivity contribution in [2.45, 2.75) is 115 Å². The molecule has 9 N–H and O–H groups in total. The van der Waals surface area contributed by atoms with Gasteiger partial charge in [-0.2, -0.15) is 8.42 Å². The molecule has 7 atom stereocenters. The van der Waals surface area contributed by atoms with E-state index >= 15 is 0 Å². The molecule has 0 spiro atoms. The molecule has 3 aliphatic carbocycles. The molecule has 1 unspecified atom stereocenters. The zero-order valence-electron chi connectivity index (χ0n) is 47.1. The van der Waals surface area contributed by atoms with Crippen LogP contribution in [0.15, 0.2) is 73.1 Å². The van der Waals surface area contributed by atoms with Crippen molar-refractivity contribution in [3.63, 3.8) is 0 Å². The Balaban J connectivity index is 0.763. The molecule has 83 heavy (non-hydrogen) atoms. The zero-order valence-corrected chi connectivity index (χ0v) is 47.9. The summed E-state index contributed by atoms with van der Waals surface area (Å²) >= 11 is 0. The highest BCUT2D eigenvalue weighted by Crippen LogP contribution is 2.47. The second-order valence-electron chi connectivity index (χ2n) is 21.5. The van der Waals surface area contributed by atoms with Gasteiger partial charge in [-0.15, -0.1) is 0 Å². The molecule has 25 heteroatoms. The van der Waals surface area contributed by atoms with Crippen molar-refractivity contribution < 1.29 is 65.1 Å². The third-order valence-corrected chi connectivity index (χ3v) is 15.6. The number of hydrogen-bond donors (Lipinski definition) is 7. The summed E-state index contributed by atoms with van der Waals surface area (Å²) in [6, 6.07) is 13.7. The highest BCUT2D eigenvalue weighted by Gasteiger charge is 2.42. The van der Waals surface area contributed by atoms with Crippen molar-refractivity contribution in [3.05, 3.63) is 101 Å². The Morgan fingerprint density at radius 3 is 2.34 bits per heavy atom. The molecule has 0 saturated heterocycles. The Kier molecular flexibility index (Phi) is 24.1. The van der Waals surface area contributed by atoms with Crippen molar-refractivity contribution in [1.29, 1.82) is 0 Å². The highest BCUT2D eigenvalue weighted by atomic mass is 32.2. The van der Waals surface area contributed by atoms with Crippen LogP contribution in [-0.4, -0.2) is 136 Å². The summed E-state index contributed by atoms with van der Waals surface area (Å²) in [6.45, 7) is 5.32. The van der Waals surface area contributed by atoms with Gasteiger partial charge in [0.05, 0.1) is 63.5 Å². The minimum atomic E-state index is -4.15. The molecule has 1 aromatic heterocycles. The number of nitrogens with zero attached hydrogens (tertiary/aromatic N) is 3. The summed E-state index contributed by atoms with van der Waals surface area (Å²) in [5, 5.41) is 19.7. The molecular formula is C58H78N10O14S. The number of rotatable bonds is 35. The Bertz CT molecular complexity index is 2890. The van der Waals surface area contributed by atoms with Crippen molar-refractivity contribution in [2.75, 3.05) is 69.9 Å². The molecule has 0 bridgehead atoms. The zero-order chi connectivity index (χ0) is 59.3. The quantitative estimate of drug-likeness (QED) is 0.0305. The van der Waals surface area contributed by atoms with Gasteiger partial charge in [-0.1, -0.05) is 68.8 Å². The van der Waals surface area contributed by atoms with Crippen LogP contribution in [0.2, 0.25) is 0 Å². The Morgan fingerprint density at radius 2 is 1.59 bits per heavy atom. The van der Waals surface area contributed by atoms with E-state index in [9.17, 15) is 42.0 Å². The number of Topliss-reactive ketones (excluding diaryl/α,β-unsaturated/α-hetero) is 1. The van der Waals surface area contributed by atoms with E-state index < -0.39 is 40.3 Å². The molecule has 2 aromatic carbocycles. The minimum Gasteiger partial charge on any atom is -0.445 e.